The van der Waals surface area contributed by atoms with Gasteiger partial charge in [-0.2, -0.15) is 13.5 Å². The number of hydrogen-bond acceptors (Lipinski definition) is 5. The molecule has 1 aromatic carbocycles. The van der Waals surface area contributed by atoms with Crippen LogP contribution in [0.4, 0.5) is 0 Å². The molecule has 0 aromatic heterocycles. The number of rotatable bonds is 4. The molecule has 1 fully saturated rings. The highest BCUT2D eigenvalue weighted by molar-refractivity contribution is 7.86. The maximum absolute atomic E-state index is 11.3. The first-order valence-corrected chi connectivity index (χ1v) is 9.26. The second-order valence-corrected chi connectivity index (χ2v) is 6.74. The summed E-state index contributed by atoms with van der Waals surface area (Å²) in [6, 6.07) is 3.73. The van der Waals surface area contributed by atoms with Gasteiger partial charge >= 0.3 is 0 Å². The number of hydroxylamine groups is 2. The van der Waals surface area contributed by atoms with Crippen molar-refractivity contribution < 1.29 is 27.8 Å². The molecule has 7 nitrogen and oxygen atoms in total. The van der Waals surface area contributed by atoms with Crippen LogP contribution in [0.25, 0.3) is 0 Å². The second kappa shape index (κ2) is 8.36. The number of imide groups is 1. The number of nitrogens with zero attached hydrogens (tertiary/aromatic N) is 1. The van der Waals surface area contributed by atoms with Gasteiger partial charge in [-0.1, -0.05) is 32.9 Å². The van der Waals surface area contributed by atoms with Crippen LogP contribution in [0.1, 0.15) is 50.3 Å². The zero-order valence-electron chi connectivity index (χ0n) is 14.1. The summed E-state index contributed by atoms with van der Waals surface area (Å²) in [6.07, 6.45) is 2.38. The fourth-order valence-corrected chi connectivity index (χ4v) is 3.52. The predicted molar refractivity (Wildman–Crippen MR) is 87.3 cm³/mol. The Hall–Kier alpha value is -1.77. The van der Waals surface area contributed by atoms with Crippen LogP contribution in [0.2, 0.25) is 0 Å². The van der Waals surface area contributed by atoms with Gasteiger partial charge in [-0.25, -0.2) is 0 Å². The molecule has 0 aliphatic carbocycles. The number of carbonyl (C=O) groups is 2. The minimum absolute atomic E-state index is 0.106. The van der Waals surface area contributed by atoms with E-state index < -0.39 is 21.9 Å². The van der Waals surface area contributed by atoms with Crippen LogP contribution >= 0.6 is 0 Å². The van der Waals surface area contributed by atoms with Crippen LogP contribution in [0.15, 0.2) is 17.0 Å². The largest absolute Gasteiger partial charge is 0.295 e. The molecule has 1 heterocycles. The van der Waals surface area contributed by atoms with Crippen LogP contribution in [0, 0.1) is 0 Å². The maximum atomic E-state index is 11.3. The van der Waals surface area contributed by atoms with Crippen molar-refractivity contribution in [1.82, 2.24) is 5.06 Å². The molecule has 0 radical (unpaired) electrons. The van der Waals surface area contributed by atoms with E-state index in [1.54, 1.807) is 0 Å². The summed E-state index contributed by atoms with van der Waals surface area (Å²) in [5, 5.41) is 8.57. The topological polar surface area (TPSA) is 112 Å². The number of aryl methyl sites for hydroxylation is 3. The molecule has 0 atom stereocenters. The quantitative estimate of drug-likeness (QED) is 0.485. The first kappa shape index (κ1) is 20.3. The van der Waals surface area contributed by atoms with E-state index in [0.29, 0.717) is 24.0 Å². The van der Waals surface area contributed by atoms with Crippen molar-refractivity contribution in [3.63, 3.8) is 0 Å². The Bertz CT molecular complexity index is 685. The van der Waals surface area contributed by atoms with E-state index in [4.69, 9.17) is 5.21 Å². The summed E-state index contributed by atoms with van der Waals surface area (Å²) in [5.41, 5.74) is 2.53. The molecule has 134 valence electrons. The van der Waals surface area contributed by atoms with Crippen molar-refractivity contribution in [2.75, 3.05) is 0 Å². The summed E-state index contributed by atoms with van der Waals surface area (Å²) in [6.45, 7) is 5.81. The molecular formula is C16H23NO6S. The van der Waals surface area contributed by atoms with Crippen LogP contribution in [-0.4, -0.2) is 35.1 Å². The monoisotopic (exact) mass is 357 g/mol. The van der Waals surface area contributed by atoms with Crippen molar-refractivity contribution >= 4 is 21.9 Å². The molecular weight excluding hydrogens is 334 g/mol. The summed E-state index contributed by atoms with van der Waals surface area (Å²) in [7, 11) is -4.11. The highest BCUT2D eigenvalue weighted by Gasteiger charge is 2.26. The Morgan fingerprint density at radius 2 is 1.38 bits per heavy atom. The van der Waals surface area contributed by atoms with Crippen molar-refractivity contribution in [3.8, 4) is 0 Å². The van der Waals surface area contributed by atoms with Crippen molar-refractivity contribution in [3.05, 3.63) is 28.8 Å². The molecule has 0 spiro atoms. The third-order valence-corrected chi connectivity index (χ3v) is 4.80. The molecule has 0 bridgehead atoms. The Morgan fingerprint density at radius 1 is 0.958 bits per heavy atom. The minimum atomic E-state index is -4.11. The average molecular weight is 357 g/mol. The zero-order chi connectivity index (χ0) is 18.5. The molecule has 2 N–H and O–H groups in total. The first-order valence-electron chi connectivity index (χ1n) is 7.82. The maximum Gasteiger partial charge on any atom is 0.295 e. The SMILES string of the molecule is CCc1cc(CC)c(S(=O)(=O)O)c(CC)c1.O=C1CCC(=O)N1O. The Kier molecular flexibility index (Phi) is 7.07. The molecule has 1 aliphatic rings. The normalized spacial score (nSPS) is 14.6. The Labute approximate surface area is 142 Å². The van der Waals surface area contributed by atoms with E-state index in [1.165, 1.54) is 0 Å². The fourth-order valence-electron chi connectivity index (χ4n) is 2.45. The van der Waals surface area contributed by atoms with Gasteiger partial charge in [0.05, 0.1) is 0 Å². The first-order chi connectivity index (χ1) is 11.1. The highest BCUT2D eigenvalue weighted by atomic mass is 32.2. The summed E-state index contributed by atoms with van der Waals surface area (Å²) in [5.74, 6) is -1.01. The molecule has 0 unspecified atom stereocenters. The summed E-state index contributed by atoms with van der Waals surface area (Å²) in [4.78, 5) is 20.6. The average Bonchev–Trinajstić information content (AvgIpc) is 2.84. The van der Waals surface area contributed by atoms with Gasteiger partial charge < -0.3 is 0 Å². The zero-order valence-corrected chi connectivity index (χ0v) is 14.9. The molecule has 8 heteroatoms. The molecule has 0 saturated carbocycles. The number of hydrogen-bond donors (Lipinski definition) is 2. The van der Waals surface area contributed by atoms with Crippen LogP contribution in [0.5, 0.6) is 0 Å². The van der Waals surface area contributed by atoms with Crippen LogP contribution in [0.3, 0.4) is 0 Å². The van der Waals surface area contributed by atoms with Gasteiger partial charge in [0.1, 0.15) is 4.90 Å². The second-order valence-electron chi connectivity index (χ2n) is 5.38. The van der Waals surface area contributed by atoms with Gasteiger partial charge in [0.15, 0.2) is 0 Å². The lowest BCUT2D eigenvalue weighted by molar-refractivity contribution is -0.171. The third-order valence-electron chi connectivity index (χ3n) is 3.76. The predicted octanol–water partition coefficient (Wildman–Crippen LogP) is 2.15. The molecule has 1 aliphatic heterocycles. The lowest BCUT2D eigenvalue weighted by Gasteiger charge is -2.12. The Balaban J connectivity index is 0.000000300. The van der Waals surface area contributed by atoms with Crippen molar-refractivity contribution in [2.24, 2.45) is 0 Å². The molecule has 24 heavy (non-hydrogen) atoms. The molecule has 2 amide bonds. The summed E-state index contributed by atoms with van der Waals surface area (Å²) >= 11 is 0. The molecule has 1 aromatic rings. The van der Waals surface area contributed by atoms with E-state index in [9.17, 15) is 22.6 Å². The number of benzene rings is 1. The minimum Gasteiger partial charge on any atom is -0.282 e. The number of amides is 2. The van der Waals surface area contributed by atoms with Gasteiger partial charge in [0, 0.05) is 12.8 Å². The van der Waals surface area contributed by atoms with Gasteiger partial charge in [-0.15, -0.1) is 0 Å². The number of carbonyl (C=O) groups excluding carboxylic acids is 2. The van der Waals surface area contributed by atoms with Gasteiger partial charge in [-0.3, -0.25) is 19.3 Å². The van der Waals surface area contributed by atoms with E-state index in [1.807, 2.05) is 32.9 Å². The smallest absolute Gasteiger partial charge is 0.282 e. The molecule has 2 rings (SSSR count). The summed E-state index contributed by atoms with van der Waals surface area (Å²) < 4.78 is 31.9. The van der Waals surface area contributed by atoms with Crippen molar-refractivity contribution in [1.29, 1.82) is 0 Å². The van der Waals surface area contributed by atoms with Crippen molar-refractivity contribution in [2.45, 2.75) is 57.8 Å². The van der Waals surface area contributed by atoms with Gasteiger partial charge in [0.25, 0.3) is 21.9 Å². The Morgan fingerprint density at radius 3 is 1.58 bits per heavy atom. The van der Waals surface area contributed by atoms with Crippen LogP contribution in [-0.2, 0) is 39.0 Å². The van der Waals surface area contributed by atoms with Gasteiger partial charge in [-0.05, 0) is 36.0 Å². The highest BCUT2D eigenvalue weighted by Crippen LogP contribution is 2.24. The third kappa shape index (κ3) is 4.86. The lowest BCUT2D eigenvalue weighted by atomic mass is 10.0. The van der Waals surface area contributed by atoms with Crippen LogP contribution < -0.4 is 0 Å². The van der Waals surface area contributed by atoms with E-state index in [2.05, 4.69) is 0 Å². The van der Waals surface area contributed by atoms with E-state index >= 15 is 0 Å². The molecule has 1 saturated heterocycles. The lowest BCUT2D eigenvalue weighted by Crippen LogP contribution is -2.24. The van der Waals surface area contributed by atoms with E-state index in [-0.39, 0.29) is 22.8 Å². The standard InChI is InChI=1S/C12H18O3S.C4H5NO3/c1-4-9-7-10(5-2)12(16(13,14)15)11(6-3)8-9;6-3-1-2-4(7)5(3)8/h7-8H,4-6H2,1-3H3,(H,13,14,15);8H,1-2H2. The van der Waals surface area contributed by atoms with E-state index in [0.717, 1.165) is 12.0 Å². The van der Waals surface area contributed by atoms with Gasteiger partial charge in [0.2, 0.25) is 0 Å². The fraction of sp³-hybridized carbons (Fsp3) is 0.500.